The van der Waals surface area contributed by atoms with Crippen molar-refractivity contribution in [3.05, 3.63) is 44.9 Å². The first-order valence-electron chi connectivity index (χ1n) is 5.08. The lowest BCUT2D eigenvalue weighted by Crippen LogP contribution is -2.12. The molecule has 0 heterocycles. The summed E-state index contributed by atoms with van der Waals surface area (Å²) in [5, 5.41) is 0.734. The summed E-state index contributed by atoms with van der Waals surface area (Å²) in [6.07, 6.45) is 5.77. The second-order valence-electron chi connectivity index (χ2n) is 3.81. The van der Waals surface area contributed by atoms with E-state index in [0.29, 0.717) is 0 Å². The van der Waals surface area contributed by atoms with Crippen molar-refractivity contribution in [2.24, 2.45) is 5.73 Å². The van der Waals surface area contributed by atoms with Crippen molar-refractivity contribution >= 4 is 27.5 Å². The Kier molecular flexibility index (Phi) is 3.49. The molecule has 3 heteroatoms. The molecule has 1 aromatic rings. The highest BCUT2D eigenvalue weighted by Gasteiger charge is 2.17. The fraction of sp³-hybridized carbons (Fsp3) is 0.333. The van der Waals surface area contributed by atoms with Gasteiger partial charge in [-0.1, -0.05) is 45.2 Å². The molecule has 0 radical (unpaired) electrons. The van der Waals surface area contributed by atoms with E-state index in [0.717, 1.165) is 27.9 Å². The number of allylic oxidation sites excluding steroid dienone is 1. The Hall–Kier alpha value is -0.310. The molecule has 2 N–H and O–H groups in total. The van der Waals surface area contributed by atoms with E-state index >= 15 is 0 Å². The van der Waals surface area contributed by atoms with Crippen molar-refractivity contribution in [2.75, 3.05) is 0 Å². The maximum atomic E-state index is 6.21. The molecule has 0 aromatic heterocycles. The number of rotatable bonds is 2. The Morgan fingerprint density at radius 1 is 1.40 bits per heavy atom. The van der Waals surface area contributed by atoms with Crippen LogP contribution in [0.2, 0.25) is 5.02 Å². The van der Waals surface area contributed by atoms with Crippen molar-refractivity contribution in [3.63, 3.8) is 0 Å². The van der Waals surface area contributed by atoms with Gasteiger partial charge in [0.15, 0.2) is 0 Å². The SMILES string of the molecule is NC(C1=CCCC1)c1ccc(Cl)cc1Br. The summed E-state index contributed by atoms with van der Waals surface area (Å²) in [5.74, 6) is 0. The Labute approximate surface area is 103 Å². The van der Waals surface area contributed by atoms with E-state index in [9.17, 15) is 0 Å². The average molecular weight is 287 g/mol. The highest BCUT2D eigenvalue weighted by atomic mass is 79.9. The Morgan fingerprint density at radius 2 is 2.20 bits per heavy atom. The molecular weight excluding hydrogens is 273 g/mol. The zero-order valence-electron chi connectivity index (χ0n) is 8.34. The molecule has 1 aromatic carbocycles. The summed E-state index contributed by atoms with van der Waals surface area (Å²) in [7, 11) is 0. The number of benzene rings is 1. The lowest BCUT2D eigenvalue weighted by atomic mass is 9.99. The predicted octanol–water partition coefficient (Wildman–Crippen LogP) is 4.21. The van der Waals surface area contributed by atoms with Crippen LogP contribution in [0.5, 0.6) is 0 Å². The minimum absolute atomic E-state index is 0.0131. The molecule has 0 amide bonds. The first-order valence-corrected chi connectivity index (χ1v) is 6.25. The molecule has 1 aliphatic rings. The first kappa shape index (κ1) is 11.2. The molecule has 1 unspecified atom stereocenters. The van der Waals surface area contributed by atoms with Crippen LogP contribution < -0.4 is 5.73 Å². The number of halogens is 2. The second-order valence-corrected chi connectivity index (χ2v) is 5.11. The van der Waals surface area contributed by atoms with Crippen LogP contribution in [0.25, 0.3) is 0 Å². The molecule has 0 aliphatic heterocycles. The standard InChI is InChI=1S/C12H13BrClN/c13-11-7-9(14)5-6-10(11)12(15)8-3-1-2-4-8/h3,5-7,12H,1-2,4,15H2. The molecule has 80 valence electrons. The smallest absolute Gasteiger partial charge is 0.0522 e. The van der Waals surface area contributed by atoms with Crippen LogP contribution >= 0.6 is 27.5 Å². The summed E-state index contributed by atoms with van der Waals surface area (Å²) in [6, 6.07) is 5.79. The van der Waals surface area contributed by atoms with E-state index in [4.69, 9.17) is 17.3 Å². The van der Waals surface area contributed by atoms with E-state index in [1.54, 1.807) is 0 Å². The fourth-order valence-corrected chi connectivity index (χ4v) is 2.86. The van der Waals surface area contributed by atoms with Crippen molar-refractivity contribution in [3.8, 4) is 0 Å². The van der Waals surface area contributed by atoms with Crippen molar-refractivity contribution in [1.29, 1.82) is 0 Å². The fourth-order valence-electron chi connectivity index (χ4n) is 1.93. The first-order chi connectivity index (χ1) is 7.18. The van der Waals surface area contributed by atoms with Gasteiger partial charge in [0.25, 0.3) is 0 Å². The molecule has 0 spiro atoms. The molecular formula is C12H13BrClN. The lowest BCUT2D eigenvalue weighted by molar-refractivity contribution is 0.782. The minimum atomic E-state index is 0.0131. The van der Waals surface area contributed by atoms with Crippen molar-refractivity contribution in [1.82, 2.24) is 0 Å². The number of hydrogen-bond donors (Lipinski definition) is 1. The molecule has 1 atom stereocenters. The zero-order chi connectivity index (χ0) is 10.8. The summed E-state index contributed by atoms with van der Waals surface area (Å²) >= 11 is 9.40. The number of hydrogen-bond acceptors (Lipinski definition) is 1. The maximum absolute atomic E-state index is 6.21. The monoisotopic (exact) mass is 285 g/mol. The summed E-state index contributed by atoms with van der Waals surface area (Å²) in [6.45, 7) is 0. The third kappa shape index (κ3) is 2.44. The quantitative estimate of drug-likeness (QED) is 0.810. The van der Waals surface area contributed by atoms with Crippen LogP contribution in [0.1, 0.15) is 30.9 Å². The van der Waals surface area contributed by atoms with Gasteiger partial charge in [-0.05, 0) is 37.0 Å². The molecule has 0 fully saturated rings. The van der Waals surface area contributed by atoms with Crippen LogP contribution in [0.15, 0.2) is 34.3 Å². The van der Waals surface area contributed by atoms with Gasteiger partial charge in [0, 0.05) is 9.50 Å². The third-order valence-corrected chi connectivity index (χ3v) is 3.69. The van der Waals surface area contributed by atoms with Gasteiger partial charge in [0.1, 0.15) is 0 Å². The van der Waals surface area contributed by atoms with Crippen LogP contribution in [-0.2, 0) is 0 Å². The molecule has 1 nitrogen and oxygen atoms in total. The predicted molar refractivity (Wildman–Crippen MR) is 68.0 cm³/mol. The zero-order valence-corrected chi connectivity index (χ0v) is 10.7. The second kappa shape index (κ2) is 4.69. The summed E-state index contributed by atoms with van der Waals surface area (Å²) < 4.78 is 0.996. The number of nitrogens with two attached hydrogens (primary N) is 1. The average Bonchev–Trinajstić information content (AvgIpc) is 2.69. The van der Waals surface area contributed by atoms with Crippen LogP contribution in [0.4, 0.5) is 0 Å². The molecule has 0 saturated carbocycles. The lowest BCUT2D eigenvalue weighted by Gasteiger charge is -2.15. The van der Waals surface area contributed by atoms with Crippen LogP contribution in [-0.4, -0.2) is 0 Å². The molecule has 2 rings (SSSR count). The largest absolute Gasteiger partial charge is 0.321 e. The maximum Gasteiger partial charge on any atom is 0.0522 e. The van der Waals surface area contributed by atoms with Gasteiger partial charge in [0.2, 0.25) is 0 Å². The Bertz CT molecular complexity index is 401. The molecule has 0 bridgehead atoms. The van der Waals surface area contributed by atoms with Gasteiger partial charge in [-0.2, -0.15) is 0 Å². The Balaban J connectivity index is 2.28. The van der Waals surface area contributed by atoms with E-state index < -0.39 is 0 Å². The molecule has 15 heavy (non-hydrogen) atoms. The van der Waals surface area contributed by atoms with E-state index in [-0.39, 0.29) is 6.04 Å². The van der Waals surface area contributed by atoms with Crippen LogP contribution in [0, 0.1) is 0 Å². The highest BCUT2D eigenvalue weighted by Crippen LogP contribution is 2.33. The third-order valence-electron chi connectivity index (χ3n) is 2.77. The van der Waals surface area contributed by atoms with Gasteiger partial charge in [-0.3, -0.25) is 0 Å². The molecule has 0 saturated heterocycles. The normalized spacial score (nSPS) is 17.7. The summed E-state index contributed by atoms with van der Waals surface area (Å²) in [5.41, 5.74) is 8.67. The van der Waals surface area contributed by atoms with Gasteiger partial charge >= 0.3 is 0 Å². The topological polar surface area (TPSA) is 26.0 Å². The van der Waals surface area contributed by atoms with Gasteiger partial charge in [-0.25, -0.2) is 0 Å². The van der Waals surface area contributed by atoms with Crippen molar-refractivity contribution < 1.29 is 0 Å². The Morgan fingerprint density at radius 3 is 2.80 bits per heavy atom. The van der Waals surface area contributed by atoms with Gasteiger partial charge < -0.3 is 5.73 Å². The van der Waals surface area contributed by atoms with Gasteiger partial charge in [-0.15, -0.1) is 0 Å². The summed E-state index contributed by atoms with van der Waals surface area (Å²) in [4.78, 5) is 0. The van der Waals surface area contributed by atoms with E-state index in [1.165, 1.54) is 12.0 Å². The van der Waals surface area contributed by atoms with E-state index in [1.807, 2.05) is 18.2 Å². The minimum Gasteiger partial charge on any atom is -0.321 e. The van der Waals surface area contributed by atoms with Crippen LogP contribution in [0.3, 0.4) is 0 Å². The van der Waals surface area contributed by atoms with E-state index in [2.05, 4.69) is 22.0 Å². The highest BCUT2D eigenvalue weighted by molar-refractivity contribution is 9.10. The van der Waals surface area contributed by atoms with Gasteiger partial charge in [0.05, 0.1) is 6.04 Å². The van der Waals surface area contributed by atoms with Crippen molar-refractivity contribution in [2.45, 2.75) is 25.3 Å². The molecule has 1 aliphatic carbocycles.